The highest BCUT2D eigenvalue weighted by molar-refractivity contribution is 6.53. The summed E-state index contributed by atoms with van der Waals surface area (Å²) in [5.74, 6) is 0.767. The number of alkyl halides is 2. The van der Waals surface area contributed by atoms with E-state index in [1.165, 1.54) is 0 Å². The molecule has 1 saturated carbocycles. The van der Waals surface area contributed by atoms with Crippen molar-refractivity contribution in [2.75, 3.05) is 5.32 Å². The number of ether oxygens (including phenoxy) is 1. The quantitative estimate of drug-likeness (QED) is 0.706. The van der Waals surface area contributed by atoms with Crippen LogP contribution in [0.2, 0.25) is 5.02 Å². The Labute approximate surface area is 149 Å². The topological polar surface area (TPSA) is 38.3 Å². The van der Waals surface area contributed by atoms with Crippen LogP contribution in [-0.4, -0.2) is 10.2 Å². The number of hydrogen-bond acceptors (Lipinski definition) is 2. The van der Waals surface area contributed by atoms with Crippen molar-refractivity contribution in [2.24, 2.45) is 5.41 Å². The van der Waals surface area contributed by atoms with E-state index in [0.29, 0.717) is 28.6 Å². The van der Waals surface area contributed by atoms with E-state index in [9.17, 15) is 4.79 Å². The van der Waals surface area contributed by atoms with E-state index in [0.717, 1.165) is 0 Å². The second kappa shape index (κ2) is 5.90. The number of nitrogens with one attached hydrogen (secondary N) is 1. The normalized spacial score (nSPS) is 21.6. The van der Waals surface area contributed by atoms with Gasteiger partial charge in [-0.3, -0.25) is 4.79 Å². The third-order valence-electron chi connectivity index (χ3n) is 3.95. The van der Waals surface area contributed by atoms with Crippen LogP contribution in [0.15, 0.2) is 48.5 Å². The van der Waals surface area contributed by atoms with Crippen LogP contribution >= 0.6 is 34.8 Å². The molecular weight excluding hydrogens is 357 g/mol. The van der Waals surface area contributed by atoms with E-state index >= 15 is 0 Å². The number of amides is 1. The highest BCUT2D eigenvalue weighted by atomic mass is 35.5. The summed E-state index contributed by atoms with van der Waals surface area (Å²) in [5.41, 5.74) is -0.261. The molecule has 1 fully saturated rings. The summed E-state index contributed by atoms with van der Waals surface area (Å²) in [5, 5.41) is 3.32. The summed E-state index contributed by atoms with van der Waals surface area (Å²) >= 11 is 18.2. The fraction of sp³-hybridized carbons (Fsp3) is 0.235. The van der Waals surface area contributed by atoms with Crippen molar-refractivity contribution in [3.05, 3.63) is 53.6 Å². The Bertz CT molecular complexity index is 763. The molecule has 0 aromatic heterocycles. The second-order valence-electron chi connectivity index (χ2n) is 5.70. The molecule has 1 unspecified atom stereocenters. The number of rotatable bonds is 4. The van der Waals surface area contributed by atoms with Gasteiger partial charge in [0.05, 0.1) is 16.1 Å². The Kier molecular flexibility index (Phi) is 4.21. The number of carbonyl (C=O) groups is 1. The molecule has 2 aromatic rings. The van der Waals surface area contributed by atoms with Crippen LogP contribution in [0.4, 0.5) is 5.69 Å². The Hall–Kier alpha value is -1.42. The van der Waals surface area contributed by atoms with Crippen molar-refractivity contribution in [2.45, 2.75) is 17.7 Å². The molecule has 3 rings (SSSR count). The molecule has 0 bridgehead atoms. The molecular formula is C17H14Cl3NO2. The van der Waals surface area contributed by atoms with Crippen molar-refractivity contribution in [3.63, 3.8) is 0 Å². The van der Waals surface area contributed by atoms with E-state index < -0.39 is 9.75 Å². The van der Waals surface area contributed by atoms with Gasteiger partial charge in [-0.15, -0.1) is 23.2 Å². The van der Waals surface area contributed by atoms with Gasteiger partial charge in [0.1, 0.15) is 10.1 Å². The molecule has 1 aliphatic rings. The summed E-state index contributed by atoms with van der Waals surface area (Å²) in [6.45, 7) is 1.74. The Morgan fingerprint density at radius 1 is 1.09 bits per heavy atom. The number of halogens is 3. The van der Waals surface area contributed by atoms with Gasteiger partial charge in [-0.1, -0.05) is 35.9 Å². The molecule has 1 aliphatic carbocycles. The highest BCUT2D eigenvalue weighted by Crippen LogP contribution is 2.64. The molecule has 120 valence electrons. The van der Waals surface area contributed by atoms with Crippen molar-refractivity contribution >= 4 is 46.4 Å². The van der Waals surface area contributed by atoms with Gasteiger partial charge in [-0.05, 0) is 37.6 Å². The van der Waals surface area contributed by atoms with Crippen LogP contribution in [0, 0.1) is 5.41 Å². The molecule has 2 aromatic carbocycles. The summed E-state index contributed by atoms with van der Waals surface area (Å²) < 4.78 is 4.80. The van der Waals surface area contributed by atoms with Crippen molar-refractivity contribution < 1.29 is 9.53 Å². The van der Waals surface area contributed by atoms with Crippen LogP contribution in [0.1, 0.15) is 13.3 Å². The minimum absolute atomic E-state index is 0.238. The first-order valence-corrected chi connectivity index (χ1v) is 8.18. The average Bonchev–Trinajstić information content (AvgIpc) is 3.03. The molecule has 3 nitrogen and oxygen atoms in total. The zero-order valence-electron chi connectivity index (χ0n) is 12.3. The molecule has 6 heteroatoms. The fourth-order valence-corrected chi connectivity index (χ4v) is 3.09. The molecule has 0 radical (unpaired) electrons. The third kappa shape index (κ3) is 3.14. The largest absolute Gasteiger partial charge is 0.454 e. The molecule has 0 aliphatic heterocycles. The standard InChI is InChI=1S/C17H14Cl3NO2/c1-16(10-17(16,19)20)15(22)21-12-7-3-5-9-14(12)23-13-8-4-2-6-11(13)18/h2-9H,10H2,1H3,(H,21,22). The number of anilines is 1. The predicted octanol–water partition coefficient (Wildman–Crippen LogP) is 5.65. The van der Waals surface area contributed by atoms with Gasteiger partial charge >= 0.3 is 0 Å². The van der Waals surface area contributed by atoms with E-state index in [4.69, 9.17) is 39.5 Å². The third-order valence-corrected chi connectivity index (χ3v) is 5.36. The molecule has 0 heterocycles. The van der Waals surface area contributed by atoms with Gasteiger partial charge in [0.15, 0.2) is 5.75 Å². The summed E-state index contributed by atoms with van der Waals surface area (Å²) in [6, 6.07) is 14.3. The summed E-state index contributed by atoms with van der Waals surface area (Å²) in [6.07, 6.45) is 0.419. The van der Waals surface area contributed by atoms with Crippen molar-refractivity contribution in [1.82, 2.24) is 0 Å². The maximum atomic E-state index is 12.4. The maximum Gasteiger partial charge on any atom is 0.233 e. The predicted molar refractivity (Wildman–Crippen MR) is 93.8 cm³/mol. The first-order valence-electron chi connectivity index (χ1n) is 7.04. The molecule has 0 spiro atoms. The SMILES string of the molecule is CC1(C(=O)Nc2ccccc2Oc2ccccc2Cl)CC1(Cl)Cl. The van der Waals surface area contributed by atoms with E-state index in [-0.39, 0.29) is 5.91 Å². The summed E-state index contributed by atoms with van der Waals surface area (Å²) in [4.78, 5) is 12.4. The van der Waals surface area contributed by atoms with Crippen molar-refractivity contribution in [1.29, 1.82) is 0 Å². The smallest absolute Gasteiger partial charge is 0.233 e. The number of benzene rings is 2. The number of para-hydroxylation sites is 3. The number of carbonyl (C=O) groups excluding carboxylic acids is 1. The van der Waals surface area contributed by atoms with Gasteiger partial charge in [0.2, 0.25) is 5.91 Å². The minimum Gasteiger partial charge on any atom is -0.454 e. The Morgan fingerprint density at radius 2 is 1.65 bits per heavy atom. The first kappa shape index (κ1) is 16.4. The zero-order chi connectivity index (χ0) is 16.7. The van der Waals surface area contributed by atoms with Gasteiger partial charge in [0, 0.05) is 0 Å². The van der Waals surface area contributed by atoms with Gasteiger partial charge in [0.25, 0.3) is 0 Å². The van der Waals surface area contributed by atoms with Crippen LogP contribution in [0.3, 0.4) is 0 Å². The molecule has 1 atom stereocenters. The Morgan fingerprint density at radius 3 is 2.26 bits per heavy atom. The van der Waals surface area contributed by atoms with E-state index in [1.807, 2.05) is 18.2 Å². The lowest BCUT2D eigenvalue weighted by Crippen LogP contribution is -2.26. The second-order valence-corrected chi connectivity index (χ2v) is 7.59. The van der Waals surface area contributed by atoms with E-state index in [1.54, 1.807) is 37.3 Å². The van der Waals surface area contributed by atoms with Crippen LogP contribution < -0.4 is 10.1 Å². The van der Waals surface area contributed by atoms with Crippen LogP contribution in [0.25, 0.3) is 0 Å². The Balaban J connectivity index is 1.82. The minimum atomic E-state index is -1.02. The molecule has 0 saturated heterocycles. The lowest BCUT2D eigenvalue weighted by Gasteiger charge is -2.16. The lowest BCUT2D eigenvalue weighted by atomic mass is 10.1. The first-order chi connectivity index (χ1) is 10.8. The summed E-state index contributed by atoms with van der Waals surface area (Å²) in [7, 11) is 0. The highest BCUT2D eigenvalue weighted by Gasteiger charge is 2.67. The van der Waals surface area contributed by atoms with Crippen LogP contribution in [0.5, 0.6) is 11.5 Å². The number of hydrogen-bond donors (Lipinski definition) is 1. The molecule has 23 heavy (non-hydrogen) atoms. The lowest BCUT2D eigenvalue weighted by molar-refractivity contribution is -0.120. The molecule has 1 amide bonds. The van der Waals surface area contributed by atoms with Crippen LogP contribution in [-0.2, 0) is 4.79 Å². The maximum absolute atomic E-state index is 12.4. The van der Waals surface area contributed by atoms with E-state index in [2.05, 4.69) is 5.32 Å². The zero-order valence-corrected chi connectivity index (χ0v) is 14.5. The average molecular weight is 371 g/mol. The van der Waals surface area contributed by atoms with Gasteiger partial charge < -0.3 is 10.1 Å². The monoisotopic (exact) mass is 369 g/mol. The van der Waals surface area contributed by atoms with Gasteiger partial charge in [-0.25, -0.2) is 0 Å². The fourth-order valence-electron chi connectivity index (χ4n) is 2.21. The van der Waals surface area contributed by atoms with Crippen molar-refractivity contribution in [3.8, 4) is 11.5 Å². The van der Waals surface area contributed by atoms with Gasteiger partial charge in [-0.2, -0.15) is 0 Å². The molecule has 1 N–H and O–H groups in total.